The minimum Gasteiger partial charge on any atom is -0.444 e. The largest absolute Gasteiger partial charge is 0.444 e. The van der Waals surface area contributed by atoms with Crippen molar-refractivity contribution in [3.63, 3.8) is 0 Å². The summed E-state index contributed by atoms with van der Waals surface area (Å²) in [6, 6.07) is 0. The van der Waals surface area contributed by atoms with Gasteiger partial charge in [-0.3, -0.25) is 0 Å². The summed E-state index contributed by atoms with van der Waals surface area (Å²) < 4.78 is 5.20. The highest BCUT2D eigenvalue weighted by Gasteiger charge is 2.35. The predicted octanol–water partition coefficient (Wildman–Crippen LogP) is 0.173. The minimum absolute atomic E-state index is 0.0301. The van der Waals surface area contributed by atoms with Crippen molar-refractivity contribution in [2.24, 2.45) is 11.7 Å². The summed E-state index contributed by atoms with van der Waals surface area (Å²) >= 11 is 0. The van der Waals surface area contributed by atoms with Crippen molar-refractivity contribution in [1.29, 1.82) is 0 Å². The Balaban J connectivity index is 2.50. The Morgan fingerprint density at radius 3 is 2.53 bits per heavy atom. The molecule has 0 aromatic heterocycles. The molecule has 0 unspecified atom stereocenters. The summed E-state index contributed by atoms with van der Waals surface area (Å²) in [7, 11) is 0. The topological polar surface area (TPSA) is 75.8 Å². The summed E-state index contributed by atoms with van der Waals surface area (Å²) in [4.78, 5) is 13.1. The Kier molecular flexibility index (Phi) is 3.57. The lowest BCUT2D eigenvalue weighted by Gasteiger charge is -2.24. The fourth-order valence-corrected chi connectivity index (χ4v) is 1.56. The number of carbonyl (C=O) groups is 1. The molecule has 3 N–H and O–H groups in total. The first-order valence-electron chi connectivity index (χ1n) is 5.19. The SMILES string of the molecule is CC(C)(C)OC(=O)N1C[C@H](CN)[C@H](O)C1. The van der Waals surface area contributed by atoms with Gasteiger partial charge >= 0.3 is 6.09 Å². The normalized spacial score (nSPS) is 26.9. The number of rotatable bonds is 1. The molecular formula is C10H20N2O3. The lowest BCUT2D eigenvalue weighted by molar-refractivity contribution is 0.0270. The lowest BCUT2D eigenvalue weighted by atomic mass is 10.1. The Morgan fingerprint density at radius 2 is 2.13 bits per heavy atom. The third-order valence-corrected chi connectivity index (χ3v) is 2.36. The zero-order chi connectivity index (χ0) is 11.6. The second kappa shape index (κ2) is 4.37. The van der Waals surface area contributed by atoms with Crippen molar-refractivity contribution < 1.29 is 14.6 Å². The first kappa shape index (κ1) is 12.3. The van der Waals surface area contributed by atoms with E-state index in [-0.39, 0.29) is 12.0 Å². The second-order valence-electron chi connectivity index (χ2n) is 4.95. The number of likely N-dealkylation sites (tertiary alicyclic amines) is 1. The number of hydrogen-bond donors (Lipinski definition) is 2. The summed E-state index contributed by atoms with van der Waals surface area (Å²) in [6.45, 7) is 6.64. The van der Waals surface area contributed by atoms with Crippen molar-refractivity contribution in [3.8, 4) is 0 Å². The molecule has 0 saturated carbocycles. The zero-order valence-electron chi connectivity index (χ0n) is 9.56. The smallest absolute Gasteiger partial charge is 0.410 e. The highest BCUT2D eigenvalue weighted by atomic mass is 16.6. The van der Waals surface area contributed by atoms with E-state index in [1.54, 1.807) is 0 Å². The number of nitrogens with two attached hydrogens (primary N) is 1. The molecule has 0 aromatic rings. The number of amides is 1. The van der Waals surface area contributed by atoms with Crippen LogP contribution in [-0.4, -0.2) is 47.4 Å². The molecule has 15 heavy (non-hydrogen) atoms. The van der Waals surface area contributed by atoms with Crippen molar-refractivity contribution >= 4 is 6.09 Å². The average Bonchev–Trinajstić information content (AvgIpc) is 2.43. The maximum absolute atomic E-state index is 11.6. The van der Waals surface area contributed by atoms with Crippen LogP contribution in [0.15, 0.2) is 0 Å². The number of hydrogen-bond acceptors (Lipinski definition) is 4. The van der Waals surface area contributed by atoms with Crippen LogP contribution in [0.2, 0.25) is 0 Å². The van der Waals surface area contributed by atoms with Gasteiger partial charge in [-0.2, -0.15) is 0 Å². The van der Waals surface area contributed by atoms with Crippen LogP contribution in [0, 0.1) is 5.92 Å². The van der Waals surface area contributed by atoms with E-state index < -0.39 is 11.7 Å². The van der Waals surface area contributed by atoms with Gasteiger partial charge in [0, 0.05) is 12.5 Å². The highest BCUT2D eigenvalue weighted by Crippen LogP contribution is 2.18. The first-order valence-corrected chi connectivity index (χ1v) is 5.19. The van der Waals surface area contributed by atoms with Gasteiger partial charge in [0.25, 0.3) is 0 Å². The van der Waals surface area contributed by atoms with Crippen LogP contribution >= 0.6 is 0 Å². The molecule has 1 fully saturated rings. The zero-order valence-corrected chi connectivity index (χ0v) is 9.56. The molecule has 0 aromatic carbocycles. The molecule has 1 aliphatic rings. The van der Waals surface area contributed by atoms with Gasteiger partial charge in [0.2, 0.25) is 0 Å². The third kappa shape index (κ3) is 3.35. The minimum atomic E-state index is -0.525. The molecule has 5 nitrogen and oxygen atoms in total. The van der Waals surface area contributed by atoms with Crippen molar-refractivity contribution in [3.05, 3.63) is 0 Å². The van der Waals surface area contributed by atoms with Gasteiger partial charge in [-0.25, -0.2) is 4.79 Å². The van der Waals surface area contributed by atoms with Crippen LogP contribution in [-0.2, 0) is 4.74 Å². The molecule has 88 valence electrons. The fraction of sp³-hybridized carbons (Fsp3) is 0.900. The van der Waals surface area contributed by atoms with E-state index in [2.05, 4.69) is 0 Å². The average molecular weight is 216 g/mol. The number of ether oxygens (including phenoxy) is 1. The quantitative estimate of drug-likeness (QED) is 0.655. The van der Waals surface area contributed by atoms with Crippen LogP contribution in [0.1, 0.15) is 20.8 Å². The van der Waals surface area contributed by atoms with Crippen LogP contribution in [0.3, 0.4) is 0 Å². The standard InChI is InChI=1S/C10H20N2O3/c1-10(2,3)15-9(14)12-5-7(4-11)8(13)6-12/h7-8,13H,4-6,11H2,1-3H3/t7-,8+/m0/s1. The molecule has 5 heteroatoms. The molecular weight excluding hydrogens is 196 g/mol. The van der Waals surface area contributed by atoms with Crippen molar-refractivity contribution in [1.82, 2.24) is 4.90 Å². The summed E-state index contributed by atoms with van der Waals surface area (Å²) in [6.07, 6.45) is -0.903. The van der Waals surface area contributed by atoms with Gasteiger partial charge < -0.3 is 20.5 Å². The Morgan fingerprint density at radius 1 is 1.53 bits per heavy atom. The van der Waals surface area contributed by atoms with E-state index in [0.29, 0.717) is 19.6 Å². The summed E-state index contributed by atoms with van der Waals surface area (Å²) in [5.41, 5.74) is 4.98. The monoisotopic (exact) mass is 216 g/mol. The van der Waals surface area contributed by atoms with Crippen LogP contribution in [0.4, 0.5) is 4.79 Å². The summed E-state index contributed by atoms with van der Waals surface area (Å²) in [5.74, 6) is -0.0301. The predicted molar refractivity (Wildman–Crippen MR) is 56.4 cm³/mol. The third-order valence-electron chi connectivity index (χ3n) is 2.36. The number of β-amino-alcohol motifs (C(OH)–C–C–N with tert-alkyl or cyclic N) is 1. The maximum atomic E-state index is 11.6. The van der Waals surface area contributed by atoms with E-state index >= 15 is 0 Å². The van der Waals surface area contributed by atoms with Crippen LogP contribution < -0.4 is 5.73 Å². The van der Waals surface area contributed by atoms with Crippen molar-refractivity contribution in [2.45, 2.75) is 32.5 Å². The number of nitrogens with zero attached hydrogens (tertiary/aromatic N) is 1. The molecule has 0 bridgehead atoms. The first-order chi connectivity index (χ1) is 6.83. The van der Waals surface area contributed by atoms with Gasteiger partial charge in [0.05, 0.1) is 12.6 Å². The number of carbonyl (C=O) groups excluding carboxylic acids is 1. The fourth-order valence-electron chi connectivity index (χ4n) is 1.56. The van der Waals surface area contributed by atoms with Gasteiger partial charge in [0.1, 0.15) is 5.60 Å². The van der Waals surface area contributed by atoms with Gasteiger partial charge in [-0.15, -0.1) is 0 Å². The number of aliphatic hydroxyl groups is 1. The molecule has 1 rings (SSSR count). The Bertz CT molecular complexity index is 237. The summed E-state index contributed by atoms with van der Waals surface area (Å²) in [5, 5.41) is 9.58. The second-order valence-corrected chi connectivity index (χ2v) is 4.95. The maximum Gasteiger partial charge on any atom is 0.410 e. The van der Waals surface area contributed by atoms with E-state index in [9.17, 15) is 9.90 Å². The molecule has 0 radical (unpaired) electrons. The Hall–Kier alpha value is -0.810. The molecule has 1 amide bonds. The van der Waals surface area contributed by atoms with E-state index in [0.717, 1.165) is 0 Å². The molecule has 0 spiro atoms. The molecule has 2 atom stereocenters. The Labute approximate surface area is 90.2 Å². The molecule has 1 aliphatic heterocycles. The van der Waals surface area contributed by atoms with E-state index in [1.165, 1.54) is 4.90 Å². The lowest BCUT2D eigenvalue weighted by Crippen LogP contribution is -2.36. The van der Waals surface area contributed by atoms with Crippen molar-refractivity contribution in [2.75, 3.05) is 19.6 Å². The highest BCUT2D eigenvalue weighted by molar-refractivity contribution is 5.68. The number of aliphatic hydroxyl groups excluding tert-OH is 1. The van der Waals surface area contributed by atoms with E-state index in [1.807, 2.05) is 20.8 Å². The molecule has 1 heterocycles. The molecule has 0 aliphatic carbocycles. The van der Waals surface area contributed by atoms with Crippen LogP contribution in [0.5, 0.6) is 0 Å². The van der Waals surface area contributed by atoms with Gasteiger partial charge in [-0.05, 0) is 27.3 Å². The van der Waals surface area contributed by atoms with E-state index in [4.69, 9.17) is 10.5 Å². The van der Waals surface area contributed by atoms with Gasteiger partial charge in [0.15, 0.2) is 0 Å². The van der Waals surface area contributed by atoms with Gasteiger partial charge in [-0.1, -0.05) is 0 Å². The molecule has 1 saturated heterocycles. The van der Waals surface area contributed by atoms with Crippen LogP contribution in [0.25, 0.3) is 0 Å².